The van der Waals surface area contributed by atoms with Crippen molar-refractivity contribution >= 4 is 23.2 Å². The molecule has 6 atom stereocenters. The van der Waals surface area contributed by atoms with Gasteiger partial charge in [0.2, 0.25) is 5.91 Å². The second-order valence-corrected chi connectivity index (χ2v) is 10.6. The summed E-state index contributed by atoms with van der Waals surface area (Å²) in [4.78, 5) is 20.7. The summed E-state index contributed by atoms with van der Waals surface area (Å²) in [6.45, 7) is 3.41. The summed E-state index contributed by atoms with van der Waals surface area (Å²) in [5.41, 5.74) is 13.8. The Labute approximate surface area is 197 Å². The SMILES string of the molecule is COC1CCC2C(C1)C(C1CCC(Cl)CC1)=N[C@@H](CC(=O)NCCCN)C1NNC(C)N21. The van der Waals surface area contributed by atoms with Crippen LogP contribution in [0.4, 0.5) is 0 Å². The van der Waals surface area contributed by atoms with E-state index in [0.29, 0.717) is 37.4 Å². The van der Waals surface area contributed by atoms with Gasteiger partial charge in [-0.2, -0.15) is 0 Å². The van der Waals surface area contributed by atoms with Gasteiger partial charge in [-0.25, -0.2) is 10.9 Å². The van der Waals surface area contributed by atoms with E-state index in [1.165, 1.54) is 5.71 Å². The largest absolute Gasteiger partial charge is 0.381 e. The fourth-order valence-corrected chi connectivity index (χ4v) is 6.50. The van der Waals surface area contributed by atoms with E-state index in [0.717, 1.165) is 51.4 Å². The number of rotatable bonds is 7. The molecule has 5 unspecified atom stereocenters. The molecule has 0 radical (unpaired) electrons. The van der Waals surface area contributed by atoms with E-state index in [-0.39, 0.29) is 35.8 Å². The number of nitrogens with two attached hydrogens (primary N) is 1. The lowest BCUT2D eigenvalue weighted by atomic mass is 9.72. The maximum Gasteiger partial charge on any atom is 0.222 e. The molecule has 1 amide bonds. The van der Waals surface area contributed by atoms with Gasteiger partial charge in [0.15, 0.2) is 0 Å². The van der Waals surface area contributed by atoms with Gasteiger partial charge in [-0.1, -0.05) is 0 Å². The monoisotopic (exact) mass is 468 g/mol. The number of nitrogens with zero attached hydrogens (tertiary/aromatic N) is 2. The van der Waals surface area contributed by atoms with Gasteiger partial charge < -0.3 is 15.8 Å². The molecule has 0 aromatic carbocycles. The van der Waals surface area contributed by atoms with Crippen molar-refractivity contribution in [1.29, 1.82) is 0 Å². The smallest absolute Gasteiger partial charge is 0.222 e. The Morgan fingerprint density at radius 1 is 1.25 bits per heavy atom. The van der Waals surface area contributed by atoms with Crippen LogP contribution in [-0.4, -0.2) is 72.6 Å². The predicted molar refractivity (Wildman–Crippen MR) is 127 cm³/mol. The van der Waals surface area contributed by atoms with Crippen molar-refractivity contribution in [3.63, 3.8) is 0 Å². The summed E-state index contributed by atoms with van der Waals surface area (Å²) in [5, 5.41) is 3.31. The van der Waals surface area contributed by atoms with Gasteiger partial charge in [0.05, 0.1) is 30.9 Å². The summed E-state index contributed by atoms with van der Waals surface area (Å²) < 4.78 is 5.82. The molecule has 8 nitrogen and oxygen atoms in total. The highest BCUT2D eigenvalue weighted by molar-refractivity contribution is 6.20. The molecule has 5 N–H and O–H groups in total. The molecule has 2 saturated carbocycles. The molecule has 2 heterocycles. The molecule has 1 saturated heterocycles. The number of carbonyl (C=O) groups is 1. The van der Waals surface area contributed by atoms with Crippen LogP contribution in [-0.2, 0) is 9.53 Å². The van der Waals surface area contributed by atoms with Crippen LogP contribution >= 0.6 is 11.6 Å². The second-order valence-electron chi connectivity index (χ2n) is 9.97. The zero-order chi connectivity index (χ0) is 22.7. The number of halogens is 1. The van der Waals surface area contributed by atoms with Crippen molar-refractivity contribution in [1.82, 2.24) is 21.1 Å². The molecule has 4 rings (SSSR count). The minimum Gasteiger partial charge on any atom is -0.381 e. The van der Waals surface area contributed by atoms with Gasteiger partial charge in [-0.15, -0.1) is 11.6 Å². The molecule has 182 valence electrons. The Morgan fingerprint density at radius 3 is 2.75 bits per heavy atom. The molecular formula is C23H41ClN6O2. The number of methoxy groups -OCH3 is 1. The first-order chi connectivity index (χ1) is 15.5. The Balaban J connectivity index is 1.63. The summed E-state index contributed by atoms with van der Waals surface area (Å²) in [6.07, 6.45) is 9.10. The average molecular weight is 469 g/mol. The van der Waals surface area contributed by atoms with Gasteiger partial charge in [0, 0.05) is 36.7 Å². The Morgan fingerprint density at radius 2 is 2.03 bits per heavy atom. The number of ether oxygens (including phenoxy) is 1. The van der Waals surface area contributed by atoms with Gasteiger partial charge >= 0.3 is 0 Å². The number of hydrazine groups is 1. The average Bonchev–Trinajstić information content (AvgIpc) is 3.12. The quantitative estimate of drug-likeness (QED) is 0.335. The first-order valence-corrected chi connectivity index (χ1v) is 12.9. The summed E-state index contributed by atoms with van der Waals surface area (Å²) in [5.74, 6) is 0.874. The molecular weight excluding hydrogens is 428 g/mol. The van der Waals surface area contributed by atoms with E-state index in [2.05, 4.69) is 28.0 Å². The number of hydrogen-bond donors (Lipinski definition) is 4. The molecule has 0 spiro atoms. The van der Waals surface area contributed by atoms with Gasteiger partial charge in [0.25, 0.3) is 0 Å². The van der Waals surface area contributed by atoms with Crippen molar-refractivity contribution in [2.45, 2.75) is 101 Å². The number of amides is 1. The van der Waals surface area contributed by atoms with Crippen LogP contribution < -0.4 is 21.9 Å². The zero-order valence-electron chi connectivity index (χ0n) is 19.6. The topological polar surface area (TPSA) is 104 Å². The molecule has 32 heavy (non-hydrogen) atoms. The van der Waals surface area contributed by atoms with Crippen LogP contribution in [0, 0.1) is 11.8 Å². The van der Waals surface area contributed by atoms with E-state index in [9.17, 15) is 4.79 Å². The Hall–Kier alpha value is -0.770. The highest BCUT2D eigenvalue weighted by atomic mass is 35.5. The lowest BCUT2D eigenvalue weighted by Gasteiger charge is -2.44. The first-order valence-electron chi connectivity index (χ1n) is 12.5. The lowest BCUT2D eigenvalue weighted by Crippen LogP contribution is -2.55. The van der Waals surface area contributed by atoms with Crippen molar-refractivity contribution in [3.8, 4) is 0 Å². The van der Waals surface area contributed by atoms with Crippen LogP contribution in [0.25, 0.3) is 0 Å². The molecule has 0 bridgehead atoms. The normalized spacial score (nSPS) is 40.2. The third kappa shape index (κ3) is 5.31. The molecule has 3 fully saturated rings. The van der Waals surface area contributed by atoms with Crippen LogP contribution in [0.15, 0.2) is 4.99 Å². The van der Waals surface area contributed by atoms with Crippen molar-refractivity contribution < 1.29 is 9.53 Å². The third-order valence-corrected chi connectivity index (χ3v) is 8.36. The second kappa shape index (κ2) is 11.1. The molecule has 0 aromatic heterocycles. The van der Waals surface area contributed by atoms with Gasteiger partial charge in [-0.3, -0.25) is 14.7 Å². The number of hydrogen-bond acceptors (Lipinski definition) is 7. The summed E-state index contributed by atoms with van der Waals surface area (Å²) in [7, 11) is 1.83. The Kier molecular flexibility index (Phi) is 8.45. The Bertz CT molecular complexity index is 671. The lowest BCUT2D eigenvalue weighted by molar-refractivity contribution is -0.121. The van der Waals surface area contributed by atoms with Crippen molar-refractivity contribution in [2.24, 2.45) is 22.6 Å². The maximum absolute atomic E-state index is 12.8. The zero-order valence-corrected chi connectivity index (χ0v) is 20.3. The number of nitrogens with one attached hydrogen (secondary N) is 3. The number of aliphatic imine (C=N–C) groups is 1. The number of fused-ring (bicyclic) bond motifs is 3. The van der Waals surface area contributed by atoms with E-state index in [1.807, 2.05) is 7.11 Å². The van der Waals surface area contributed by atoms with Crippen molar-refractivity contribution in [2.75, 3.05) is 20.2 Å². The molecule has 9 heteroatoms. The van der Waals surface area contributed by atoms with E-state index >= 15 is 0 Å². The van der Waals surface area contributed by atoms with Gasteiger partial charge in [-0.05, 0) is 70.8 Å². The standard InChI is InChI=1S/C23H41ClN6O2/c1-14-28-29-23-19(13-21(31)26-11-3-10-25)27-22(15-4-6-16(24)7-5-15)18-12-17(32-2)8-9-20(18)30(14)23/h14-20,23,28-29H,3-13,25H2,1-2H3,(H,26,31)/t14?,15?,16?,17?,18?,19-,20?,23?/m0/s1. The van der Waals surface area contributed by atoms with E-state index in [4.69, 9.17) is 27.1 Å². The molecule has 0 aromatic rings. The van der Waals surface area contributed by atoms with Crippen LogP contribution in [0.5, 0.6) is 0 Å². The predicted octanol–water partition coefficient (Wildman–Crippen LogP) is 1.73. The van der Waals surface area contributed by atoms with E-state index in [1.54, 1.807) is 0 Å². The first kappa shape index (κ1) is 24.4. The highest BCUT2D eigenvalue weighted by Gasteiger charge is 2.49. The van der Waals surface area contributed by atoms with Gasteiger partial charge in [0.1, 0.15) is 0 Å². The molecule has 2 aliphatic carbocycles. The number of alkyl halides is 1. The highest BCUT2D eigenvalue weighted by Crippen LogP contribution is 2.41. The van der Waals surface area contributed by atoms with Crippen LogP contribution in [0.1, 0.15) is 64.7 Å². The van der Waals surface area contributed by atoms with Crippen molar-refractivity contribution in [3.05, 3.63) is 0 Å². The number of carbonyl (C=O) groups excluding carboxylic acids is 1. The van der Waals surface area contributed by atoms with Crippen LogP contribution in [0.3, 0.4) is 0 Å². The third-order valence-electron chi connectivity index (χ3n) is 7.92. The minimum absolute atomic E-state index is 0.0127. The summed E-state index contributed by atoms with van der Waals surface area (Å²) in [6, 6.07) is 0.280. The maximum atomic E-state index is 12.8. The minimum atomic E-state index is -0.124. The summed E-state index contributed by atoms with van der Waals surface area (Å²) >= 11 is 6.44. The molecule has 2 aliphatic heterocycles. The fourth-order valence-electron chi connectivity index (χ4n) is 6.25. The van der Waals surface area contributed by atoms with Crippen LogP contribution in [0.2, 0.25) is 0 Å². The molecule has 4 aliphatic rings. The fraction of sp³-hybridized carbons (Fsp3) is 0.913. The van der Waals surface area contributed by atoms with E-state index < -0.39 is 0 Å².